The lowest BCUT2D eigenvalue weighted by atomic mass is 10.0. The van der Waals surface area contributed by atoms with Crippen LogP contribution in [0.4, 0.5) is 10.2 Å². The van der Waals surface area contributed by atoms with Gasteiger partial charge in [0, 0.05) is 88.6 Å². The Labute approximate surface area is 289 Å². The van der Waals surface area contributed by atoms with Gasteiger partial charge < -0.3 is 29.3 Å². The van der Waals surface area contributed by atoms with E-state index in [9.17, 15) is 14.3 Å². The molecule has 264 valence electrons. The summed E-state index contributed by atoms with van der Waals surface area (Å²) in [6.07, 6.45) is 10.2. The second-order valence-electron chi connectivity index (χ2n) is 13.5. The molecular weight excluding hydrogens is 625 g/mol. The standard InChI is InChI=1S/C37H50FN7O4/c1-4-26(3)45(5-2)37(47)30-20-27(38)8-9-33(30)49-35-21-39-25-41-36(35)44-18-11-29(12-19-44)48-34-10-14-40-32-13-17-43(24-31(32)34)23-28(46)22-42-15-6-7-16-42/h8-10,14,20-21,25-26,28-29,46H,4-7,11-13,15-19,22-24H2,1-3H3. The Morgan fingerprint density at radius 2 is 1.80 bits per heavy atom. The Balaban J connectivity index is 1.09. The van der Waals surface area contributed by atoms with Crippen LogP contribution in [0, 0.1) is 5.82 Å². The van der Waals surface area contributed by atoms with Crippen molar-refractivity contribution in [3.05, 3.63) is 65.6 Å². The number of rotatable bonds is 13. The first kappa shape index (κ1) is 35.0. The number of carbonyl (C=O) groups excluding carboxylic acids is 1. The number of likely N-dealkylation sites (tertiary alicyclic amines) is 1. The number of piperidine rings is 1. The number of fused-ring (bicyclic) bond motifs is 1. The summed E-state index contributed by atoms with van der Waals surface area (Å²) in [5, 5.41) is 10.8. The molecule has 1 amide bonds. The van der Waals surface area contributed by atoms with Gasteiger partial charge in [-0.1, -0.05) is 6.92 Å². The first-order valence-corrected chi connectivity index (χ1v) is 17.9. The second kappa shape index (κ2) is 16.2. The summed E-state index contributed by atoms with van der Waals surface area (Å²) in [7, 11) is 0. The smallest absolute Gasteiger partial charge is 0.257 e. The second-order valence-corrected chi connectivity index (χ2v) is 13.5. The summed E-state index contributed by atoms with van der Waals surface area (Å²) >= 11 is 0. The molecule has 0 saturated carbocycles. The van der Waals surface area contributed by atoms with Crippen LogP contribution in [0.1, 0.15) is 74.5 Å². The predicted molar refractivity (Wildman–Crippen MR) is 186 cm³/mol. The molecule has 0 bridgehead atoms. The van der Waals surface area contributed by atoms with E-state index in [2.05, 4.69) is 29.7 Å². The van der Waals surface area contributed by atoms with Crippen LogP contribution in [0.2, 0.25) is 0 Å². The lowest BCUT2D eigenvalue weighted by Gasteiger charge is -2.35. The Morgan fingerprint density at radius 3 is 2.55 bits per heavy atom. The van der Waals surface area contributed by atoms with Crippen molar-refractivity contribution in [2.45, 2.75) is 84.1 Å². The fraction of sp³-hybridized carbons (Fsp3) is 0.568. The number of aliphatic hydroxyl groups is 1. The summed E-state index contributed by atoms with van der Waals surface area (Å²) in [5.41, 5.74) is 2.37. The summed E-state index contributed by atoms with van der Waals surface area (Å²) in [4.78, 5) is 35.5. The van der Waals surface area contributed by atoms with Crippen LogP contribution < -0.4 is 14.4 Å². The normalized spacial score (nSPS) is 18.6. The van der Waals surface area contributed by atoms with Crippen molar-refractivity contribution >= 4 is 11.7 Å². The highest BCUT2D eigenvalue weighted by Crippen LogP contribution is 2.35. The molecule has 1 N–H and O–H groups in total. The summed E-state index contributed by atoms with van der Waals surface area (Å²) in [5.74, 6) is 1.39. The maximum atomic E-state index is 14.4. The molecule has 12 heteroatoms. The van der Waals surface area contributed by atoms with E-state index >= 15 is 0 Å². The number of halogens is 1. The number of aromatic nitrogens is 3. The van der Waals surface area contributed by atoms with E-state index in [1.54, 1.807) is 11.1 Å². The maximum Gasteiger partial charge on any atom is 0.257 e. The zero-order valence-corrected chi connectivity index (χ0v) is 29.1. The molecule has 3 aliphatic rings. The molecule has 1 aromatic carbocycles. The highest BCUT2D eigenvalue weighted by Gasteiger charge is 2.29. The molecule has 49 heavy (non-hydrogen) atoms. The fourth-order valence-corrected chi connectivity index (χ4v) is 7.24. The van der Waals surface area contributed by atoms with Crippen LogP contribution in [0.3, 0.4) is 0 Å². The molecule has 2 fully saturated rings. The van der Waals surface area contributed by atoms with Gasteiger partial charge in [-0.3, -0.25) is 14.7 Å². The first-order valence-electron chi connectivity index (χ1n) is 17.9. The number of pyridine rings is 1. The van der Waals surface area contributed by atoms with Gasteiger partial charge in [-0.05, 0) is 70.5 Å². The predicted octanol–water partition coefficient (Wildman–Crippen LogP) is 4.93. The summed E-state index contributed by atoms with van der Waals surface area (Å²) < 4.78 is 27.3. The van der Waals surface area contributed by atoms with Crippen molar-refractivity contribution < 1.29 is 23.8 Å². The SMILES string of the molecule is CCC(C)N(CC)C(=O)c1cc(F)ccc1Oc1cncnc1N1CCC(Oc2ccnc3c2CN(CC(O)CN2CCCC2)CC3)CC1. The molecule has 2 aromatic heterocycles. The molecule has 0 spiro atoms. The number of aliphatic hydroxyl groups excluding tert-OH is 1. The number of β-amino-alcohol motifs (C(OH)–C–C–N with tert-alkyl or cyclic N) is 1. The van der Waals surface area contributed by atoms with Crippen LogP contribution in [0.15, 0.2) is 43.0 Å². The van der Waals surface area contributed by atoms with Crippen LogP contribution in [-0.4, -0.2) is 111 Å². The van der Waals surface area contributed by atoms with E-state index in [4.69, 9.17) is 9.47 Å². The van der Waals surface area contributed by atoms with E-state index in [0.29, 0.717) is 37.7 Å². The topological polar surface area (TPSA) is 107 Å². The number of anilines is 1. The molecule has 2 atom stereocenters. The third-order valence-electron chi connectivity index (χ3n) is 10.1. The van der Waals surface area contributed by atoms with E-state index in [1.165, 1.54) is 37.4 Å². The molecule has 6 rings (SSSR count). The average molecular weight is 676 g/mol. The third kappa shape index (κ3) is 8.48. The van der Waals surface area contributed by atoms with Crippen LogP contribution in [0.5, 0.6) is 17.2 Å². The number of carbonyl (C=O) groups is 1. The molecular formula is C37H50FN7O4. The molecule has 0 aliphatic carbocycles. The lowest BCUT2D eigenvalue weighted by molar-refractivity contribution is 0.0696. The van der Waals surface area contributed by atoms with Crippen LogP contribution in [0.25, 0.3) is 0 Å². The Bertz CT molecular complexity index is 1560. The van der Waals surface area contributed by atoms with Gasteiger partial charge in [-0.2, -0.15) is 0 Å². The zero-order chi connectivity index (χ0) is 34.3. The van der Waals surface area contributed by atoms with Crippen molar-refractivity contribution in [1.29, 1.82) is 0 Å². The Kier molecular flexibility index (Phi) is 11.6. The van der Waals surface area contributed by atoms with Gasteiger partial charge in [-0.15, -0.1) is 0 Å². The molecule has 11 nitrogen and oxygen atoms in total. The number of nitrogens with zero attached hydrogens (tertiary/aromatic N) is 7. The zero-order valence-electron chi connectivity index (χ0n) is 29.1. The number of ether oxygens (including phenoxy) is 2. The highest BCUT2D eigenvalue weighted by molar-refractivity contribution is 5.97. The first-order chi connectivity index (χ1) is 23.8. The van der Waals surface area contributed by atoms with E-state index in [0.717, 1.165) is 75.4 Å². The van der Waals surface area contributed by atoms with Gasteiger partial charge in [0.15, 0.2) is 11.6 Å². The van der Waals surface area contributed by atoms with Gasteiger partial charge in [-0.25, -0.2) is 14.4 Å². The van der Waals surface area contributed by atoms with Crippen LogP contribution in [-0.2, 0) is 13.0 Å². The minimum absolute atomic E-state index is 0.00173. The van der Waals surface area contributed by atoms with Gasteiger partial charge in [0.1, 0.15) is 29.7 Å². The van der Waals surface area contributed by atoms with E-state index < -0.39 is 5.82 Å². The minimum Gasteiger partial charge on any atom is -0.490 e. The van der Waals surface area contributed by atoms with Gasteiger partial charge in [0.05, 0.1) is 17.9 Å². The summed E-state index contributed by atoms with van der Waals surface area (Å²) in [6.45, 7) is 12.9. The van der Waals surface area contributed by atoms with E-state index in [1.807, 2.05) is 33.0 Å². The van der Waals surface area contributed by atoms with Crippen molar-refractivity contribution in [3.63, 3.8) is 0 Å². The fourth-order valence-electron chi connectivity index (χ4n) is 7.24. The molecule has 5 heterocycles. The lowest BCUT2D eigenvalue weighted by Crippen LogP contribution is -2.42. The third-order valence-corrected chi connectivity index (χ3v) is 10.1. The van der Waals surface area contributed by atoms with Crippen molar-refractivity contribution in [3.8, 4) is 17.2 Å². The quantitative estimate of drug-likeness (QED) is 0.268. The number of amides is 1. The number of benzene rings is 1. The molecule has 2 saturated heterocycles. The Morgan fingerprint density at radius 1 is 1.02 bits per heavy atom. The van der Waals surface area contributed by atoms with Crippen LogP contribution >= 0.6 is 0 Å². The number of hydrogen-bond donors (Lipinski definition) is 1. The van der Waals surface area contributed by atoms with Gasteiger partial charge in [0.2, 0.25) is 0 Å². The van der Waals surface area contributed by atoms with Crippen molar-refractivity contribution in [2.24, 2.45) is 0 Å². The van der Waals surface area contributed by atoms with Gasteiger partial charge >= 0.3 is 0 Å². The number of hydrogen-bond acceptors (Lipinski definition) is 10. The Hall–Kier alpha value is -3.87. The maximum absolute atomic E-state index is 14.4. The van der Waals surface area contributed by atoms with Gasteiger partial charge in [0.25, 0.3) is 5.91 Å². The largest absolute Gasteiger partial charge is 0.490 e. The highest BCUT2D eigenvalue weighted by atomic mass is 19.1. The van der Waals surface area contributed by atoms with E-state index in [-0.39, 0.29) is 35.5 Å². The molecule has 3 aromatic rings. The summed E-state index contributed by atoms with van der Waals surface area (Å²) in [6, 6.07) is 6.00. The monoisotopic (exact) mass is 675 g/mol. The average Bonchev–Trinajstić information content (AvgIpc) is 3.63. The molecule has 3 aliphatic heterocycles. The minimum atomic E-state index is -0.499. The van der Waals surface area contributed by atoms with Crippen molar-refractivity contribution in [2.75, 3.05) is 57.3 Å². The molecule has 0 radical (unpaired) electrons. The van der Waals surface area contributed by atoms with Crippen molar-refractivity contribution in [1.82, 2.24) is 29.7 Å². The molecule has 2 unspecified atom stereocenters.